The molecule has 0 aromatic rings. The van der Waals surface area contributed by atoms with Crippen LogP contribution in [0.2, 0.25) is 0 Å². The van der Waals surface area contributed by atoms with Gasteiger partial charge in [-0.05, 0) is 41.9 Å². The van der Waals surface area contributed by atoms with Gasteiger partial charge < -0.3 is 0 Å². The van der Waals surface area contributed by atoms with E-state index in [2.05, 4.69) is 0 Å². The Morgan fingerprint density at radius 2 is 1.57 bits per heavy atom. The highest BCUT2D eigenvalue weighted by Crippen LogP contribution is 3.08. The van der Waals surface area contributed by atoms with E-state index in [1.807, 2.05) is 0 Å². The molecule has 0 nitrogen and oxygen atoms in total. The monoisotopic (exact) mass is 92.1 g/mol. The Morgan fingerprint density at radius 1 is 1.00 bits per heavy atom. The molecule has 0 aromatic carbocycles. The van der Waals surface area contributed by atoms with Crippen molar-refractivity contribution in [2.45, 2.75) is 19.3 Å². The van der Waals surface area contributed by atoms with Crippen LogP contribution >= 0.6 is 0 Å². The lowest BCUT2D eigenvalue weighted by Gasteiger charge is -2.02. The van der Waals surface area contributed by atoms with Gasteiger partial charge in [0.1, 0.15) is 0 Å². The third-order valence-electron chi connectivity index (χ3n) is 4.21. The zero-order chi connectivity index (χ0) is 4.28. The van der Waals surface area contributed by atoms with Crippen LogP contribution in [-0.2, 0) is 0 Å². The first-order valence-electron chi connectivity index (χ1n) is 3.39. The Balaban J connectivity index is 2.18. The molecular weight excluding hydrogens is 84.1 g/mol. The van der Waals surface area contributed by atoms with Gasteiger partial charge in [-0.3, -0.25) is 0 Å². The molecule has 4 aliphatic rings. The molecule has 0 aliphatic heterocycles. The van der Waals surface area contributed by atoms with Gasteiger partial charge >= 0.3 is 0 Å². The molecule has 0 bridgehead atoms. The van der Waals surface area contributed by atoms with Crippen molar-refractivity contribution < 1.29 is 0 Å². The van der Waals surface area contributed by atoms with Gasteiger partial charge in [-0.15, -0.1) is 0 Å². The second kappa shape index (κ2) is 0.340. The summed E-state index contributed by atoms with van der Waals surface area (Å²) in [6, 6.07) is 0. The van der Waals surface area contributed by atoms with Crippen molar-refractivity contribution in [3.05, 3.63) is 0 Å². The first kappa shape index (κ1) is 2.52. The van der Waals surface area contributed by atoms with Gasteiger partial charge in [-0.1, -0.05) is 0 Å². The maximum Gasteiger partial charge on any atom is -0.0195 e. The van der Waals surface area contributed by atoms with Gasteiger partial charge in [0, 0.05) is 0 Å². The smallest absolute Gasteiger partial charge is 0.0195 e. The lowest BCUT2D eigenvalue weighted by atomic mass is 10.0. The topological polar surface area (TPSA) is 0 Å². The van der Waals surface area contributed by atoms with Gasteiger partial charge in [0.25, 0.3) is 0 Å². The van der Waals surface area contributed by atoms with Gasteiger partial charge in [0.2, 0.25) is 0 Å². The average Bonchev–Trinajstić information content (AvgIpc) is 1.97. The molecule has 4 fully saturated rings. The highest BCUT2D eigenvalue weighted by atomic mass is 15.1. The lowest BCUT2D eigenvalue weighted by molar-refractivity contribution is 0.434. The highest BCUT2D eigenvalue weighted by molar-refractivity contribution is 5.49. The van der Waals surface area contributed by atoms with Crippen LogP contribution in [0, 0.1) is 22.7 Å². The maximum absolute atomic E-state index is 1.66. The van der Waals surface area contributed by atoms with Crippen molar-refractivity contribution in [2.75, 3.05) is 0 Å². The Kier molecular flexibility index (Phi) is 0.122. The molecule has 2 unspecified atom stereocenters. The van der Waals surface area contributed by atoms with Crippen LogP contribution in [0.4, 0.5) is 0 Å². The van der Waals surface area contributed by atoms with E-state index in [-0.39, 0.29) is 0 Å². The van der Waals surface area contributed by atoms with Crippen molar-refractivity contribution in [2.24, 2.45) is 22.7 Å². The van der Waals surface area contributed by atoms with Crippen LogP contribution in [-0.4, -0.2) is 0 Å². The van der Waals surface area contributed by atoms with E-state index in [0.29, 0.717) is 0 Å². The third-order valence-corrected chi connectivity index (χ3v) is 4.21. The second-order valence-corrected chi connectivity index (χ2v) is 4.11. The molecule has 0 N–H and O–H groups in total. The van der Waals surface area contributed by atoms with Gasteiger partial charge in [-0.2, -0.15) is 0 Å². The summed E-state index contributed by atoms with van der Waals surface area (Å²) in [6.07, 6.45) is 4.96. The number of hydrogen-bond acceptors (Lipinski definition) is 0. The number of fused-ring (bicyclic) bond motifs is 1. The molecule has 7 heavy (non-hydrogen) atoms. The lowest BCUT2D eigenvalue weighted by Crippen LogP contribution is -2.00. The molecule has 0 spiro atoms. The van der Waals surface area contributed by atoms with Gasteiger partial charge in [-0.25, -0.2) is 0 Å². The highest BCUT2D eigenvalue weighted by Gasteiger charge is 3.01. The molecule has 0 radical (unpaired) electrons. The fraction of sp³-hybridized carbons (Fsp3) is 1.00. The first-order chi connectivity index (χ1) is 3.39. The summed E-state index contributed by atoms with van der Waals surface area (Å²) in [5.41, 5.74) is 2.13. The Hall–Kier alpha value is 0. The summed E-state index contributed by atoms with van der Waals surface area (Å²) in [4.78, 5) is 0. The summed E-state index contributed by atoms with van der Waals surface area (Å²) >= 11 is 0. The molecule has 0 heterocycles. The van der Waals surface area contributed by atoms with Crippen LogP contribution < -0.4 is 0 Å². The fourth-order valence-corrected chi connectivity index (χ4v) is 3.57. The Morgan fingerprint density at radius 3 is 1.71 bits per heavy atom. The first-order valence-corrected chi connectivity index (χ1v) is 3.39. The minimum atomic E-state index is 1.07. The zero-order valence-corrected chi connectivity index (χ0v) is 4.28. The van der Waals surface area contributed by atoms with Crippen LogP contribution in [0.1, 0.15) is 19.3 Å². The minimum Gasteiger partial charge on any atom is -0.0459 e. The van der Waals surface area contributed by atoms with E-state index in [1.54, 1.807) is 19.3 Å². The molecule has 4 saturated carbocycles. The van der Waals surface area contributed by atoms with E-state index < -0.39 is 0 Å². The van der Waals surface area contributed by atoms with Crippen molar-refractivity contribution >= 4 is 0 Å². The van der Waals surface area contributed by atoms with E-state index in [4.69, 9.17) is 0 Å². The molecule has 0 saturated heterocycles. The third kappa shape index (κ3) is 0.0784. The van der Waals surface area contributed by atoms with E-state index in [9.17, 15) is 0 Å². The van der Waals surface area contributed by atoms with Crippen molar-refractivity contribution in [1.29, 1.82) is 0 Å². The maximum atomic E-state index is 1.66. The van der Waals surface area contributed by atoms with Crippen LogP contribution in [0.25, 0.3) is 0 Å². The van der Waals surface area contributed by atoms with Crippen LogP contribution in [0.5, 0.6) is 0 Å². The average molecular weight is 92.1 g/mol. The zero-order valence-electron chi connectivity index (χ0n) is 4.28. The summed E-state index contributed by atoms with van der Waals surface area (Å²) in [5, 5.41) is 0. The molecule has 0 amide bonds. The van der Waals surface area contributed by atoms with E-state index in [1.165, 1.54) is 11.8 Å². The van der Waals surface area contributed by atoms with Crippen molar-refractivity contribution in [3.8, 4) is 0 Å². The fourth-order valence-electron chi connectivity index (χ4n) is 3.57. The van der Waals surface area contributed by atoms with Gasteiger partial charge in [0.15, 0.2) is 0 Å². The molecule has 36 valence electrons. The second-order valence-electron chi connectivity index (χ2n) is 4.11. The van der Waals surface area contributed by atoms with E-state index in [0.717, 1.165) is 10.8 Å². The predicted octanol–water partition coefficient (Wildman–Crippen LogP) is 1.42. The normalized spacial score (nSPS) is 96.0. The summed E-state index contributed by atoms with van der Waals surface area (Å²) in [6.45, 7) is 0. The van der Waals surface area contributed by atoms with Crippen LogP contribution in [0.15, 0.2) is 0 Å². The number of rotatable bonds is 0. The van der Waals surface area contributed by atoms with Crippen molar-refractivity contribution in [1.82, 2.24) is 0 Å². The largest absolute Gasteiger partial charge is 0.0459 e. The molecule has 4 rings (SSSR count). The van der Waals surface area contributed by atoms with Crippen LogP contribution in [0.3, 0.4) is 0 Å². The number of hydrogen-bond donors (Lipinski definition) is 0. The summed E-state index contributed by atoms with van der Waals surface area (Å²) < 4.78 is 0. The molecule has 4 aliphatic carbocycles. The predicted molar refractivity (Wildman–Crippen MR) is 25.7 cm³/mol. The van der Waals surface area contributed by atoms with Crippen molar-refractivity contribution in [3.63, 3.8) is 0 Å². The standard InChI is InChI=1S/C7H8/c1-4-5(1)7-2-6(4,7)3-7/h4-5H,1-3H2. The molecule has 0 heteroatoms. The molecule has 0 aromatic heterocycles. The molecular formula is C7H8. The SMILES string of the molecule is C1C2C1C13CC21C3. The van der Waals surface area contributed by atoms with Gasteiger partial charge in [0.05, 0.1) is 0 Å². The quantitative estimate of drug-likeness (QED) is 0.424. The molecule has 2 atom stereocenters. The summed E-state index contributed by atoms with van der Waals surface area (Å²) in [5.74, 6) is 2.57. The minimum absolute atomic E-state index is 1.07. The van der Waals surface area contributed by atoms with E-state index >= 15 is 0 Å². The Bertz CT molecular complexity index is 156. The Labute approximate surface area is 42.9 Å². The summed E-state index contributed by atoms with van der Waals surface area (Å²) in [7, 11) is 0.